The molecule has 1 aliphatic carbocycles. The molecular weight excluding hydrogens is 250 g/mol. The average Bonchev–Trinajstić information content (AvgIpc) is 2.28. The molecule has 2 rings (SSSR count). The average molecular weight is 266 g/mol. The molecule has 0 saturated carbocycles. The lowest BCUT2D eigenvalue weighted by molar-refractivity contribution is 0.660. The van der Waals surface area contributed by atoms with Crippen molar-refractivity contribution in [3.63, 3.8) is 0 Å². The van der Waals surface area contributed by atoms with Crippen LogP contribution in [0.2, 0.25) is 0 Å². The van der Waals surface area contributed by atoms with E-state index >= 15 is 0 Å². The number of likely N-dealkylation sites (N-methyl/N-ethyl adjacent to an activating group) is 1. The van der Waals surface area contributed by atoms with Crippen LogP contribution in [0.15, 0.2) is 28.2 Å². The van der Waals surface area contributed by atoms with Crippen molar-refractivity contribution in [2.45, 2.75) is 25.8 Å². The maximum Gasteiger partial charge on any atom is 0.0251 e. The first kappa shape index (κ1) is 10.9. The molecule has 0 radical (unpaired) electrons. The van der Waals surface area contributed by atoms with Crippen LogP contribution in [0.3, 0.4) is 0 Å². The van der Waals surface area contributed by atoms with E-state index in [2.05, 4.69) is 52.4 Å². The molecule has 1 unspecified atom stereocenters. The highest BCUT2D eigenvalue weighted by Crippen LogP contribution is 2.30. The number of hydrogen-bond acceptors (Lipinski definition) is 1. The van der Waals surface area contributed by atoms with Crippen molar-refractivity contribution in [3.05, 3.63) is 39.4 Å². The van der Waals surface area contributed by atoms with Gasteiger partial charge in [-0.25, -0.2) is 0 Å². The molecule has 0 aliphatic heterocycles. The van der Waals surface area contributed by atoms with Gasteiger partial charge in [0.05, 0.1) is 0 Å². The second kappa shape index (κ2) is 4.50. The predicted molar refractivity (Wildman–Crippen MR) is 69.0 cm³/mol. The van der Waals surface area contributed by atoms with Gasteiger partial charge in [0.15, 0.2) is 0 Å². The highest BCUT2D eigenvalue weighted by molar-refractivity contribution is 9.10. The zero-order valence-corrected chi connectivity index (χ0v) is 10.8. The lowest BCUT2D eigenvalue weighted by Crippen LogP contribution is -2.24. The summed E-state index contributed by atoms with van der Waals surface area (Å²) in [4.78, 5) is 0. The van der Waals surface area contributed by atoms with Crippen LogP contribution in [0.25, 0.3) is 6.08 Å². The summed E-state index contributed by atoms with van der Waals surface area (Å²) < 4.78 is 1.21. The molecule has 1 atom stereocenters. The van der Waals surface area contributed by atoms with Gasteiger partial charge in [-0.3, -0.25) is 0 Å². The first-order valence-electron chi connectivity index (χ1n) is 5.37. The van der Waals surface area contributed by atoms with E-state index in [-0.39, 0.29) is 0 Å². The predicted octanol–water partition coefficient (Wildman–Crippen LogP) is 3.39. The number of aryl methyl sites for hydroxylation is 1. The van der Waals surface area contributed by atoms with E-state index in [1.807, 2.05) is 7.05 Å². The van der Waals surface area contributed by atoms with Gasteiger partial charge in [0.1, 0.15) is 0 Å². The second-order valence-electron chi connectivity index (χ2n) is 4.04. The zero-order chi connectivity index (χ0) is 10.8. The fraction of sp³-hybridized carbons (Fsp3) is 0.385. The van der Waals surface area contributed by atoms with Gasteiger partial charge in [-0.2, -0.15) is 0 Å². The van der Waals surface area contributed by atoms with Crippen LogP contribution in [0, 0.1) is 0 Å². The van der Waals surface area contributed by atoms with E-state index in [0.717, 1.165) is 6.42 Å². The fourth-order valence-electron chi connectivity index (χ4n) is 2.02. The van der Waals surface area contributed by atoms with Gasteiger partial charge in [0.2, 0.25) is 0 Å². The number of benzene rings is 1. The minimum Gasteiger partial charge on any atom is -0.314 e. The number of nitrogens with one attached hydrogen (secondary N) is 1. The Hall–Kier alpha value is -0.600. The molecule has 15 heavy (non-hydrogen) atoms. The highest BCUT2D eigenvalue weighted by atomic mass is 79.9. The molecule has 1 N–H and O–H groups in total. The maximum atomic E-state index is 3.62. The Labute approximate surface area is 99.7 Å². The van der Waals surface area contributed by atoms with Gasteiger partial charge >= 0.3 is 0 Å². The quantitative estimate of drug-likeness (QED) is 0.865. The van der Waals surface area contributed by atoms with E-state index in [0.29, 0.717) is 6.04 Å². The fourth-order valence-corrected chi connectivity index (χ4v) is 2.55. The third-order valence-corrected chi connectivity index (χ3v) is 3.84. The van der Waals surface area contributed by atoms with Crippen molar-refractivity contribution in [2.75, 3.05) is 7.05 Å². The van der Waals surface area contributed by atoms with Crippen LogP contribution in [0.4, 0.5) is 0 Å². The molecule has 0 amide bonds. The Balaban J connectivity index is 2.40. The van der Waals surface area contributed by atoms with Crippen molar-refractivity contribution >= 4 is 22.0 Å². The van der Waals surface area contributed by atoms with Crippen molar-refractivity contribution in [1.29, 1.82) is 0 Å². The van der Waals surface area contributed by atoms with E-state index in [4.69, 9.17) is 0 Å². The normalized spacial score (nSPS) is 16.9. The molecule has 1 nitrogen and oxygen atoms in total. The summed E-state index contributed by atoms with van der Waals surface area (Å²) in [5.41, 5.74) is 4.31. The molecule has 1 aliphatic rings. The Bertz CT molecular complexity index is 396. The Kier molecular flexibility index (Phi) is 3.27. The van der Waals surface area contributed by atoms with Crippen molar-refractivity contribution < 1.29 is 0 Å². The third-order valence-electron chi connectivity index (χ3n) is 3.15. The summed E-state index contributed by atoms with van der Waals surface area (Å²) in [7, 11) is 2.01. The molecule has 1 aromatic rings. The van der Waals surface area contributed by atoms with E-state index in [9.17, 15) is 0 Å². The lowest BCUT2D eigenvalue weighted by Gasteiger charge is -2.21. The number of halogens is 1. The molecule has 1 aromatic carbocycles. The molecule has 0 spiro atoms. The second-order valence-corrected chi connectivity index (χ2v) is 4.90. The van der Waals surface area contributed by atoms with E-state index < -0.39 is 0 Å². The lowest BCUT2D eigenvalue weighted by atomic mass is 9.89. The number of rotatable bonds is 2. The largest absolute Gasteiger partial charge is 0.314 e. The standard InChI is InChI=1S/C13H16BrN/c1-9(15-2)11-7-6-10-4-3-5-13(14)12(10)8-11/h3-5,8-9,15H,6-7H2,1-2H3. The van der Waals surface area contributed by atoms with Crippen LogP contribution >= 0.6 is 15.9 Å². The van der Waals surface area contributed by atoms with Crippen molar-refractivity contribution in [1.82, 2.24) is 5.32 Å². The summed E-state index contributed by atoms with van der Waals surface area (Å²) in [5.74, 6) is 0. The molecule has 2 heteroatoms. The summed E-state index contributed by atoms with van der Waals surface area (Å²) in [6, 6.07) is 6.92. The van der Waals surface area contributed by atoms with Crippen LogP contribution in [0.5, 0.6) is 0 Å². The summed E-state index contributed by atoms with van der Waals surface area (Å²) in [6.45, 7) is 2.22. The van der Waals surface area contributed by atoms with Gasteiger partial charge in [-0.15, -0.1) is 0 Å². The third kappa shape index (κ3) is 2.16. The zero-order valence-electron chi connectivity index (χ0n) is 9.18. The van der Waals surface area contributed by atoms with Crippen molar-refractivity contribution in [3.8, 4) is 0 Å². The first-order valence-corrected chi connectivity index (χ1v) is 6.17. The van der Waals surface area contributed by atoms with Crippen LogP contribution in [0.1, 0.15) is 24.5 Å². The van der Waals surface area contributed by atoms with E-state index in [1.165, 1.54) is 27.6 Å². The molecule has 0 fully saturated rings. The van der Waals surface area contributed by atoms with Gasteiger partial charge in [0, 0.05) is 10.5 Å². The monoisotopic (exact) mass is 265 g/mol. The minimum atomic E-state index is 0.477. The molecule has 0 bridgehead atoms. The molecule has 80 valence electrons. The Morgan fingerprint density at radius 1 is 1.33 bits per heavy atom. The summed E-state index contributed by atoms with van der Waals surface area (Å²) in [6.07, 6.45) is 4.65. The van der Waals surface area contributed by atoms with Gasteiger partial charge < -0.3 is 5.32 Å². The Morgan fingerprint density at radius 2 is 2.13 bits per heavy atom. The smallest absolute Gasteiger partial charge is 0.0251 e. The SMILES string of the molecule is CNC(C)C1=Cc2c(Br)cccc2CC1. The minimum absolute atomic E-state index is 0.477. The summed E-state index contributed by atoms with van der Waals surface area (Å²) >= 11 is 3.62. The van der Waals surface area contributed by atoms with Crippen LogP contribution in [-0.4, -0.2) is 13.1 Å². The highest BCUT2D eigenvalue weighted by Gasteiger charge is 2.15. The maximum absolute atomic E-state index is 3.62. The van der Waals surface area contributed by atoms with Crippen molar-refractivity contribution in [2.24, 2.45) is 0 Å². The Morgan fingerprint density at radius 3 is 2.87 bits per heavy atom. The molecule has 0 saturated heterocycles. The number of hydrogen-bond donors (Lipinski definition) is 1. The molecule has 0 aromatic heterocycles. The first-order chi connectivity index (χ1) is 7.22. The molecule has 0 heterocycles. The van der Waals surface area contributed by atoms with Gasteiger partial charge in [0.25, 0.3) is 0 Å². The van der Waals surface area contributed by atoms with Gasteiger partial charge in [-0.1, -0.05) is 39.7 Å². The van der Waals surface area contributed by atoms with E-state index in [1.54, 1.807) is 0 Å². The topological polar surface area (TPSA) is 12.0 Å². The number of fused-ring (bicyclic) bond motifs is 1. The molecular formula is C13H16BrN. The van der Waals surface area contributed by atoms with Crippen LogP contribution in [-0.2, 0) is 6.42 Å². The van der Waals surface area contributed by atoms with Crippen LogP contribution < -0.4 is 5.32 Å². The van der Waals surface area contributed by atoms with Gasteiger partial charge in [-0.05, 0) is 44.0 Å². The summed E-state index contributed by atoms with van der Waals surface area (Å²) in [5, 5.41) is 3.30.